The molecule has 14 atom stereocenters. The summed E-state index contributed by atoms with van der Waals surface area (Å²) in [7, 11) is -1.97. The number of methoxy groups -OCH3 is 1. The minimum absolute atomic E-state index is 0.0436. The van der Waals surface area contributed by atoms with E-state index in [1.807, 2.05) is 4.72 Å². The van der Waals surface area contributed by atoms with Crippen LogP contribution in [0.1, 0.15) is 117 Å². The van der Waals surface area contributed by atoms with Gasteiger partial charge in [0, 0.05) is 36.9 Å². The van der Waals surface area contributed by atoms with Crippen LogP contribution in [0.25, 0.3) is 11.1 Å². The van der Waals surface area contributed by atoms with E-state index in [0.717, 1.165) is 105 Å². The number of phenols is 3. The predicted octanol–water partition coefficient (Wildman–Crippen LogP) is 2.75. The van der Waals surface area contributed by atoms with Gasteiger partial charge in [-0.05, 0) is 182 Å². The monoisotopic (exact) mass is 1690 g/mol. The van der Waals surface area contributed by atoms with Gasteiger partial charge >= 0.3 is 0 Å². The molecule has 35 nitrogen and oxygen atoms in total. The van der Waals surface area contributed by atoms with Crippen LogP contribution in [0.3, 0.4) is 0 Å². The molecule has 15 bridgehead atoms. The fourth-order valence-electron chi connectivity index (χ4n) is 16.6. The number of amides is 8. The minimum atomic E-state index is -4.93. The van der Waals surface area contributed by atoms with Gasteiger partial charge < -0.3 is 122 Å². The Bertz CT molecular complexity index is 4920. The number of benzene rings is 6. The molecule has 632 valence electrons. The molecule has 0 unspecified atom stereocenters. The second-order valence-corrected chi connectivity index (χ2v) is 33.3. The minimum Gasteiger partial charge on any atom is -0.508 e. The van der Waals surface area contributed by atoms with Gasteiger partial charge in [-0.15, -0.1) is 0 Å². The molecule has 8 amide bonds. The number of sulfonamides is 1. The molecule has 0 radical (unpaired) electrons. The molecule has 38 heteroatoms. The topological polar surface area (TPSA) is 531 Å². The molecule has 6 heterocycles. The van der Waals surface area contributed by atoms with Crippen LogP contribution in [-0.2, 0) is 62.6 Å². The first-order valence-corrected chi connectivity index (χ1v) is 40.6. The summed E-state index contributed by atoms with van der Waals surface area (Å²) in [4.78, 5) is 123. The number of fused-ring (bicyclic) bond motifs is 15. The molecule has 0 spiro atoms. The average Bonchev–Trinajstić information content (AvgIpc) is 0.759. The van der Waals surface area contributed by atoms with Gasteiger partial charge in [0.1, 0.15) is 114 Å². The summed E-state index contributed by atoms with van der Waals surface area (Å²) in [5, 5.41) is 115. The number of aliphatic hydroxyl groups is 5. The van der Waals surface area contributed by atoms with E-state index in [2.05, 4.69) is 42.5 Å². The van der Waals surface area contributed by atoms with Crippen LogP contribution in [0.4, 0.5) is 0 Å². The van der Waals surface area contributed by atoms with E-state index in [0.29, 0.717) is 18.4 Å². The smallest absolute Gasteiger partial charge is 0.264 e. The summed E-state index contributed by atoms with van der Waals surface area (Å²) in [6.07, 6.45) is -10.6. The standard InChI is InChI=1S/C80H92Cl2N10O25S/c1-34(2)19-50(84-3)73(102)90-65-67(97)38-6-13-54(48(81)26-38)114-56-28-42-29-57(72(56)117-80-71(101)70(100)69(99)58(33-83)116-80)115-55-14-7-39(27-49(55)82)68(98)66-79(108)89-64(77(106)86-61-40-21-35-20-36(23-40)24-41(61)22-35)47-30-43(93)31-53(95)60(47)46-25-37(5-12-52(46)94)62(75(104)91-66)88-76(105)63(42)87-74(103)51(85-78(65)107)32-59(96)92-118(109,110)45-10-8-44(9-11-45)113-18-17-112-16-15-111-4/h5-14,25-31,34-36,40-41,50-51,58,61-71,80,84,93-95,97-101H,15-24,32-33,83H2,1-4H3,(H,85,107)(H,86,106)(H,87,103)(H,88,105)(H,89,108)(H,90,102)(H,91,104)(H,92,96)/t35?,36?,40?,41?,50-,51+,58-,61?,62-,63-,64+,65-,66+,67-,68-,69-,70+,71-,80+/m1/s1. The lowest BCUT2D eigenvalue weighted by molar-refractivity contribution is -0.270. The van der Waals surface area contributed by atoms with Crippen molar-refractivity contribution in [2.24, 2.45) is 35.3 Å². The van der Waals surface area contributed by atoms with Crippen molar-refractivity contribution < 1.29 is 121 Å². The number of carbonyl (C=O) groups is 8. The van der Waals surface area contributed by atoms with Gasteiger partial charge in [-0.3, -0.25) is 38.4 Å². The number of halogens is 2. The highest BCUT2D eigenvalue weighted by Crippen LogP contribution is 2.55. The van der Waals surface area contributed by atoms with Gasteiger partial charge in [-0.2, -0.15) is 0 Å². The summed E-state index contributed by atoms with van der Waals surface area (Å²) in [5.41, 5.74) is 3.65. The van der Waals surface area contributed by atoms with Crippen LogP contribution in [0, 0.1) is 29.6 Å². The zero-order valence-electron chi connectivity index (χ0n) is 64.1. The molecule has 118 heavy (non-hydrogen) atoms. The van der Waals surface area contributed by atoms with Crippen molar-refractivity contribution in [2.45, 2.75) is 155 Å². The Morgan fingerprint density at radius 2 is 1.24 bits per heavy atom. The Kier molecular flexibility index (Phi) is 26.3. The first-order valence-electron chi connectivity index (χ1n) is 38.4. The molecule has 1 saturated heterocycles. The fraction of sp³-hybridized carbons (Fsp3) is 0.450. The van der Waals surface area contributed by atoms with Crippen LogP contribution in [-0.4, -0.2) is 205 Å². The Morgan fingerprint density at radius 1 is 0.627 bits per heavy atom. The predicted molar refractivity (Wildman–Crippen MR) is 417 cm³/mol. The third-order valence-electron chi connectivity index (χ3n) is 22.3. The summed E-state index contributed by atoms with van der Waals surface area (Å²) in [6, 6.07) is 4.13. The lowest BCUT2D eigenvalue weighted by atomic mass is 9.54. The largest absolute Gasteiger partial charge is 0.508 e. The molecule has 10 aliphatic rings. The Balaban J connectivity index is 0.983. The Morgan fingerprint density at radius 3 is 1.86 bits per heavy atom. The third-order valence-corrected chi connectivity index (χ3v) is 24.3. The number of hydrogen-bond donors (Lipinski definition) is 18. The lowest BCUT2D eigenvalue weighted by Gasteiger charge is -2.54. The number of rotatable bonds is 21. The van der Waals surface area contributed by atoms with E-state index in [1.54, 1.807) is 13.8 Å². The maximum Gasteiger partial charge on any atom is 0.264 e. The third kappa shape index (κ3) is 18.6. The normalized spacial score (nSPS) is 27.7. The number of hydrogen-bond acceptors (Lipinski definition) is 27. The molecule has 4 aliphatic carbocycles. The van der Waals surface area contributed by atoms with Crippen LogP contribution >= 0.6 is 23.2 Å². The molecule has 0 aromatic heterocycles. The molecular formula is C80H92Cl2N10O25S. The molecule has 4 saturated carbocycles. The van der Waals surface area contributed by atoms with Crippen LogP contribution < -0.4 is 71.9 Å². The lowest BCUT2D eigenvalue weighted by Crippen LogP contribution is -2.60. The van der Waals surface area contributed by atoms with Crippen molar-refractivity contribution in [3.63, 3.8) is 0 Å². The van der Waals surface area contributed by atoms with Gasteiger partial charge in [-0.25, -0.2) is 13.1 Å². The van der Waals surface area contributed by atoms with Gasteiger partial charge in [0.05, 0.1) is 47.2 Å². The number of aliphatic hydroxyl groups excluding tert-OH is 5. The first kappa shape index (κ1) is 85.7. The molecule has 5 fully saturated rings. The zero-order chi connectivity index (χ0) is 84.5. The second-order valence-electron chi connectivity index (χ2n) is 30.8. The molecule has 19 N–H and O–H groups in total. The van der Waals surface area contributed by atoms with E-state index in [9.17, 15) is 58.9 Å². The highest BCUT2D eigenvalue weighted by molar-refractivity contribution is 7.90. The number of carbonyl (C=O) groups excluding carboxylic acids is 8. The zero-order valence-corrected chi connectivity index (χ0v) is 66.4. The van der Waals surface area contributed by atoms with Gasteiger partial charge in [0.2, 0.25) is 59.3 Å². The summed E-state index contributed by atoms with van der Waals surface area (Å²) >= 11 is 14.3. The van der Waals surface area contributed by atoms with E-state index in [-0.39, 0.29) is 106 Å². The van der Waals surface area contributed by atoms with Gasteiger partial charge in [-0.1, -0.05) is 55.2 Å². The summed E-state index contributed by atoms with van der Waals surface area (Å²) < 4.78 is 72.0. The quantitative estimate of drug-likeness (QED) is 0.0461. The molecule has 6 aromatic rings. The first-order chi connectivity index (χ1) is 56.3. The number of phenolic OH excluding ortho intramolecular Hbond substituents is 3. The highest BCUT2D eigenvalue weighted by Gasteiger charge is 2.51. The molecule has 6 aliphatic heterocycles. The van der Waals surface area contributed by atoms with Gasteiger partial charge in [0.15, 0.2) is 11.5 Å². The SMILES string of the molecule is CN[C@H](CC(C)C)C(=O)N[C@H]1C(=O)N[C@@H](CC(=O)NS(=O)(=O)c2ccc(OCCOCCOC)cc2)C(=O)N[C@H]2C(=O)N[C@H]3C(=O)N[C@H](C(=O)N[C@H](C(=O)NC4C5CC6CC(C5)CC4C6)c4cc(O)cc(O)c4-c4cc3ccc4O)[C@H](O)c3ccc(c(Cl)c3)Oc3cc2cc(c3O[C@@H]2O[C@H](CN)[C@@H](O)[C@H](O)[C@H]2O)Oc2ccc(cc2Cl)[C@H]1O. The van der Waals surface area contributed by atoms with Gasteiger partial charge in [0.25, 0.3) is 10.0 Å². The van der Waals surface area contributed by atoms with E-state index in [4.69, 9.17) is 62.1 Å². The van der Waals surface area contributed by atoms with Crippen LogP contribution in [0.2, 0.25) is 10.0 Å². The van der Waals surface area contributed by atoms with E-state index >= 15 is 28.8 Å². The summed E-state index contributed by atoms with van der Waals surface area (Å²) in [6.45, 7) is 3.90. The number of nitrogens with two attached hydrogens (primary N) is 1. The van der Waals surface area contributed by atoms with Crippen molar-refractivity contribution in [1.29, 1.82) is 0 Å². The number of nitrogens with one attached hydrogen (secondary N) is 9. The van der Waals surface area contributed by atoms with Crippen molar-refractivity contribution in [1.82, 2.24) is 47.3 Å². The summed E-state index contributed by atoms with van der Waals surface area (Å²) in [5.74, 6) is -14.0. The van der Waals surface area contributed by atoms with Crippen molar-refractivity contribution in [2.75, 3.05) is 47.1 Å². The maximum atomic E-state index is 16.4. The number of aromatic hydroxyl groups is 3. The Hall–Kier alpha value is -10.2. The van der Waals surface area contributed by atoms with E-state index in [1.165, 1.54) is 44.5 Å². The highest BCUT2D eigenvalue weighted by atomic mass is 35.5. The van der Waals surface area contributed by atoms with Crippen LogP contribution in [0.5, 0.6) is 51.7 Å². The van der Waals surface area contributed by atoms with Crippen molar-refractivity contribution in [3.8, 4) is 62.9 Å². The average molecular weight is 1700 g/mol. The Labute approximate surface area is 686 Å². The number of likely N-dealkylation sites (N-methyl/N-ethyl adjacent to an activating group) is 1. The molecule has 6 aromatic carbocycles. The fourth-order valence-corrected chi connectivity index (χ4v) is 18.1. The number of ether oxygens (including phenoxy) is 7. The molecule has 16 rings (SSSR count). The maximum absolute atomic E-state index is 16.4. The van der Waals surface area contributed by atoms with Crippen molar-refractivity contribution in [3.05, 3.63) is 141 Å². The van der Waals surface area contributed by atoms with Crippen LogP contribution in [0.15, 0.2) is 108 Å². The van der Waals surface area contributed by atoms with Crippen molar-refractivity contribution >= 4 is 80.5 Å². The second kappa shape index (κ2) is 36.2. The molecular weight excluding hydrogens is 1600 g/mol. The van der Waals surface area contributed by atoms with E-state index < -0.39 is 205 Å².